The van der Waals surface area contributed by atoms with Crippen LogP contribution in [0.1, 0.15) is 32.1 Å². The van der Waals surface area contributed by atoms with E-state index in [0.717, 1.165) is 53.8 Å². The Labute approximate surface area is 199 Å². The molecular formula is C26H30N6O2. The van der Waals surface area contributed by atoms with Crippen molar-refractivity contribution in [2.45, 2.75) is 38.6 Å². The molecule has 0 aliphatic carbocycles. The molecule has 1 saturated heterocycles. The molecule has 1 aliphatic heterocycles. The predicted octanol–water partition coefficient (Wildman–Crippen LogP) is 4.61. The van der Waals surface area contributed by atoms with Crippen LogP contribution in [0.3, 0.4) is 0 Å². The summed E-state index contributed by atoms with van der Waals surface area (Å²) in [5.41, 5.74) is 4.68. The smallest absolute Gasteiger partial charge is 0.258 e. The number of aryl methyl sites for hydroxylation is 1. The van der Waals surface area contributed by atoms with Crippen LogP contribution in [0.5, 0.6) is 0 Å². The first-order valence-corrected chi connectivity index (χ1v) is 11.9. The molecule has 0 N–H and O–H groups in total. The highest BCUT2D eigenvalue weighted by atomic mass is 16.5. The lowest BCUT2D eigenvalue weighted by atomic mass is 10.2. The van der Waals surface area contributed by atoms with E-state index >= 15 is 0 Å². The van der Waals surface area contributed by atoms with Gasteiger partial charge in [0.15, 0.2) is 0 Å². The molecule has 1 amide bonds. The molecule has 1 fully saturated rings. The number of aromatic nitrogens is 4. The third-order valence-electron chi connectivity index (χ3n) is 6.46. The Hall–Kier alpha value is -3.68. The van der Waals surface area contributed by atoms with Crippen LogP contribution in [0.15, 0.2) is 53.3 Å². The molecule has 3 heterocycles. The number of rotatable bonds is 6. The minimum absolute atomic E-state index is 0.235. The van der Waals surface area contributed by atoms with Gasteiger partial charge >= 0.3 is 0 Å². The second-order valence-corrected chi connectivity index (χ2v) is 9.05. The number of carbonyl (C=O) groups excluding carboxylic acids is 1. The zero-order valence-corrected chi connectivity index (χ0v) is 19.8. The molecule has 2 aromatic carbocycles. The number of likely N-dealkylation sites (tertiary alicyclic amines) is 1. The monoisotopic (exact) mass is 458 g/mol. The molecule has 0 bridgehead atoms. The highest BCUT2D eigenvalue weighted by Gasteiger charge is 2.16. The van der Waals surface area contributed by atoms with Crippen LogP contribution in [0.2, 0.25) is 0 Å². The van der Waals surface area contributed by atoms with Crippen molar-refractivity contribution in [2.24, 2.45) is 0 Å². The van der Waals surface area contributed by atoms with Crippen LogP contribution in [-0.4, -0.2) is 57.7 Å². The Morgan fingerprint density at radius 1 is 1.00 bits per heavy atom. The van der Waals surface area contributed by atoms with Crippen LogP contribution >= 0.6 is 0 Å². The van der Waals surface area contributed by atoms with Crippen molar-refractivity contribution >= 4 is 22.6 Å². The standard InChI is InChI=1S/C26H30N6O2/c1-30(2)21-10-7-19(8-11-21)26-28-25(29-34-26)20-9-12-23-22(17-20)27-18-32(23)16-13-24(33)31-14-5-3-4-6-15-31/h7-12,17-18H,3-6,13-16H2,1-2H3. The van der Waals surface area contributed by atoms with E-state index in [0.29, 0.717) is 24.7 Å². The Bertz CT molecular complexity index is 1270. The zero-order chi connectivity index (χ0) is 23.5. The Morgan fingerprint density at radius 3 is 2.47 bits per heavy atom. The van der Waals surface area contributed by atoms with Gasteiger partial charge in [-0.3, -0.25) is 4.79 Å². The molecule has 8 nitrogen and oxygen atoms in total. The van der Waals surface area contributed by atoms with Gasteiger partial charge in [-0.2, -0.15) is 4.98 Å². The lowest BCUT2D eigenvalue weighted by Gasteiger charge is -2.20. The maximum atomic E-state index is 12.7. The normalized spacial score (nSPS) is 14.4. The van der Waals surface area contributed by atoms with Crippen molar-refractivity contribution < 1.29 is 9.32 Å². The first-order chi connectivity index (χ1) is 16.6. The highest BCUT2D eigenvalue weighted by Crippen LogP contribution is 2.26. The quantitative estimate of drug-likeness (QED) is 0.420. The number of amides is 1. The third-order valence-corrected chi connectivity index (χ3v) is 6.46. The molecule has 176 valence electrons. The molecule has 8 heteroatoms. The zero-order valence-electron chi connectivity index (χ0n) is 19.8. The van der Waals surface area contributed by atoms with Crippen molar-refractivity contribution in [3.63, 3.8) is 0 Å². The topological polar surface area (TPSA) is 80.3 Å². The van der Waals surface area contributed by atoms with Gasteiger partial charge in [0.2, 0.25) is 11.7 Å². The maximum Gasteiger partial charge on any atom is 0.258 e. The van der Waals surface area contributed by atoms with E-state index in [4.69, 9.17) is 4.52 Å². The van der Waals surface area contributed by atoms with Gasteiger partial charge in [0.1, 0.15) is 0 Å². The largest absolute Gasteiger partial charge is 0.378 e. The fourth-order valence-corrected chi connectivity index (χ4v) is 4.44. The number of hydrogen-bond acceptors (Lipinski definition) is 6. The van der Waals surface area contributed by atoms with Crippen LogP contribution in [0.4, 0.5) is 5.69 Å². The average molecular weight is 459 g/mol. The number of carbonyl (C=O) groups is 1. The van der Waals surface area contributed by atoms with Crippen LogP contribution in [0, 0.1) is 0 Å². The number of imidazole rings is 1. The Morgan fingerprint density at radius 2 is 1.74 bits per heavy atom. The minimum atomic E-state index is 0.235. The summed E-state index contributed by atoms with van der Waals surface area (Å²) in [6, 6.07) is 13.9. The van der Waals surface area contributed by atoms with Crippen molar-refractivity contribution in [2.75, 3.05) is 32.1 Å². The summed E-state index contributed by atoms with van der Waals surface area (Å²) in [7, 11) is 4.01. The van der Waals surface area contributed by atoms with E-state index in [1.54, 1.807) is 6.33 Å². The molecule has 2 aromatic heterocycles. The number of anilines is 1. The second-order valence-electron chi connectivity index (χ2n) is 9.05. The first kappa shape index (κ1) is 22.1. The van der Waals surface area contributed by atoms with Gasteiger partial charge in [-0.1, -0.05) is 18.0 Å². The van der Waals surface area contributed by atoms with E-state index in [1.807, 2.05) is 70.9 Å². The van der Waals surface area contributed by atoms with Crippen molar-refractivity contribution in [3.8, 4) is 22.8 Å². The number of hydrogen-bond donors (Lipinski definition) is 0. The molecule has 0 atom stereocenters. The van der Waals surface area contributed by atoms with Crippen molar-refractivity contribution in [1.82, 2.24) is 24.6 Å². The summed E-state index contributed by atoms with van der Waals surface area (Å²) in [4.78, 5) is 25.8. The summed E-state index contributed by atoms with van der Waals surface area (Å²) in [6.45, 7) is 2.40. The van der Waals surface area contributed by atoms with Gasteiger partial charge in [0.25, 0.3) is 5.89 Å². The van der Waals surface area contributed by atoms with E-state index in [1.165, 1.54) is 12.8 Å². The van der Waals surface area contributed by atoms with Crippen LogP contribution < -0.4 is 4.90 Å². The van der Waals surface area contributed by atoms with Crippen LogP contribution in [0.25, 0.3) is 33.9 Å². The molecule has 5 rings (SSSR count). The molecule has 0 saturated carbocycles. The third kappa shape index (κ3) is 4.66. The van der Waals surface area contributed by atoms with Crippen molar-refractivity contribution in [1.29, 1.82) is 0 Å². The summed E-state index contributed by atoms with van der Waals surface area (Å²) in [5.74, 6) is 1.25. The molecule has 4 aromatic rings. The van der Waals surface area contributed by atoms with Crippen molar-refractivity contribution in [3.05, 3.63) is 48.8 Å². The van der Waals surface area contributed by atoms with E-state index in [2.05, 4.69) is 15.1 Å². The SMILES string of the molecule is CN(C)c1ccc(-c2nc(-c3ccc4c(c3)ncn4CCC(=O)N3CCCCCC3)no2)cc1. The van der Waals surface area contributed by atoms with E-state index in [9.17, 15) is 4.79 Å². The minimum Gasteiger partial charge on any atom is -0.378 e. The summed E-state index contributed by atoms with van der Waals surface area (Å²) >= 11 is 0. The molecule has 34 heavy (non-hydrogen) atoms. The van der Waals surface area contributed by atoms with E-state index < -0.39 is 0 Å². The van der Waals surface area contributed by atoms with E-state index in [-0.39, 0.29) is 5.91 Å². The van der Waals surface area contributed by atoms with Gasteiger partial charge in [-0.15, -0.1) is 0 Å². The summed E-state index contributed by atoms with van der Waals surface area (Å²) in [6.07, 6.45) is 6.97. The van der Waals surface area contributed by atoms with Gasteiger partial charge < -0.3 is 18.9 Å². The second kappa shape index (κ2) is 9.67. The lowest BCUT2D eigenvalue weighted by Crippen LogP contribution is -2.32. The predicted molar refractivity (Wildman–Crippen MR) is 132 cm³/mol. The number of benzene rings is 2. The fourth-order valence-electron chi connectivity index (χ4n) is 4.44. The summed E-state index contributed by atoms with van der Waals surface area (Å²) in [5, 5.41) is 4.17. The highest BCUT2D eigenvalue weighted by molar-refractivity contribution is 5.81. The molecule has 0 unspecified atom stereocenters. The molecule has 1 aliphatic rings. The van der Waals surface area contributed by atoms with Crippen LogP contribution in [-0.2, 0) is 11.3 Å². The fraction of sp³-hybridized carbons (Fsp3) is 0.385. The maximum absolute atomic E-state index is 12.7. The Balaban J connectivity index is 1.28. The van der Waals surface area contributed by atoms with Gasteiger partial charge in [-0.25, -0.2) is 4.98 Å². The van der Waals surface area contributed by atoms with Gasteiger partial charge in [0.05, 0.1) is 17.4 Å². The number of fused-ring (bicyclic) bond motifs is 1. The van der Waals surface area contributed by atoms with Gasteiger partial charge in [0, 0.05) is 57.0 Å². The molecular weight excluding hydrogens is 428 g/mol. The lowest BCUT2D eigenvalue weighted by molar-refractivity contribution is -0.131. The average Bonchev–Trinajstić information content (AvgIpc) is 3.41. The molecule has 0 radical (unpaired) electrons. The summed E-state index contributed by atoms with van der Waals surface area (Å²) < 4.78 is 7.56. The number of nitrogens with zero attached hydrogens (tertiary/aromatic N) is 6. The Kier molecular flexibility index (Phi) is 6.29. The first-order valence-electron chi connectivity index (χ1n) is 11.9. The van der Waals surface area contributed by atoms with Gasteiger partial charge in [-0.05, 0) is 55.3 Å². The molecule has 0 spiro atoms.